The lowest BCUT2D eigenvalue weighted by Gasteiger charge is -2.33. The molecule has 2 N–H and O–H groups in total. The van der Waals surface area contributed by atoms with E-state index in [0.717, 1.165) is 32.5 Å². The van der Waals surface area contributed by atoms with E-state index in [2.05, 4.69) is 5.32 Å². The monoisotopic (exact) mass is 228 g/mol. The molecule has 1 fully saturated rings. The van der Waals surface area contributed by atoms with Crippen LogP contribution in [0.2, 0.25) is 0 Å². The molecule has 1 aliphatic rings. The van der Waals surface area contributed by atoms with Crippen molar-refractivity contribution in [3.05, 3.63) is 0 Å². The Labute approximate surface area is 98.0 Å². The number of nitrogens with one attached hydrogen (secondary N) is 1. The minimum atomic E-state index is -0.113. The summed E-state index contributed by atoms with van der Waals surface area (Å²) in [4.78, 5) is 13.7. The second-order valence-electron chi connectivity index (χ2n) is 4.63. The van der Waals surface area contributed by atoms with Gasteiger partial charge in [-0.3, -0.25) is 4.79 Å². The molecule has 0 radical (unpaired) electrons. The molecule has 0 aromatic rings. The molecule has 16 heavy (non-hydrogen) atoms. The van der Waals surface area contributed by atoms with Crippen molar-refractivity contribution >= 4 is 5.91 Å². The Morgan fingerprint density at radius 2 is 2.00 bits per heavy atom. The highest BCUT2D eigenvalue weighted by Crippen LogP contribution is 2.26. The van der Waals surface area contributed by atoms with E-state index < -0.39 is 0 Å². The summed E-state index contributed by atoms with van der Waals surface area (Å²) in [5.74, 6) is 0.715. The van der Waals surface area contributed by atoms with E-state index in [1.54, 1.807) is 0 Å². The minimum absolute atomic E-state index is 0.111. The zero-order chi connectivity index (χ0) is 12.1. The number of rotatable bonds is 6. The fourth-order valence-electron chi connectivity index (χ4n) is 2.11. The largest absolute Gasteiger partial charge is 0.393 e. The van der Waals surface area contributed by atoms with Gasteiger partial charge in [-0.2, -0.15) is 0 Å². The summed E-state index contributed by atoms with van der Waals surface area (Å²) in [6.07, 6.45) is 1.64. The van der Waals surface area contributed by atoms with Crippen LogP contribution in [0.15, 0.2) is 0 Å². The third-order valence-electron chi connectivity index (χ3n) is 3.37. The second kappa shape index (κ2) is 6.21. The number of carbonyl (C=O) groups excluding carboxylic acids is 1. The summed E-state index contributed by atoms with van der Waals surface area (Å²) in [6, 6.07) is -0.113. The molecule has 4 nitrogen and oxygen atoms in total. The van der Waals surface area contributed by atoms with Gasteiger partial charge in [-0.1, -0.05) is 0 Å². The van der Waals surface area contributed by atoms with E-state index in [4.69, 9.17) is 5.11 Å². The van der Waals surface area contributed by atoms with Gasteiger partial charge in [0, 0.05) is 13.1 Å². The van der Waals surface area contributed by atoms with Crippen LogP contribution in [-0.4, -0.2) is 47.7 Å². The van der Waals surface area contributed by atoms with Crippen LogP contribution in [0.5, 0.6) is 0 Å². The minimum Gasteiger partial charge on any atom is -0.393 e. The highest BCUT2D eigenvalue weighted by atomic mass is 16.3. The van der Waals surface area contributed by atoms with Crippen LogP contribution in [0.1, 0.15) is 33.6 Å². The zero-order valence-corrected chi connectivity index (χ0v) is 10.6. The molecule has 0 spiro atoms. The number of hydrogen-bond donors (Lipinski definition) is 2. The number of hydrogen-bond acceptors (Lipinski definition) is 3. The predicted octanol–water partition coefficient (Wildman–Crippen LogP) is 0.604. The maximum absolute atomic E-state index is 11.9. The molecule has 0 aromatic carbocycles. The number of aliphatic hydroxyl groups is 1. The second-order valence-corrected chi connectivity index (χ2v) is 4.63. The van der Waals surface area contributed by atoms with Gasteiger partial charge in [-0.15, -0.1) is 0 Å². The molecule has 1 amide bonds. The predicted molar refractivity (Wildman–Crippen MR) is 64.1 cm³/mol. The molecule has 1 saturated carbocycles. The number of nitrogens with zero attached hydrogens (tertiary/aromatic N) is 1. The zero-order valence-electron chi connectivity index (χ0n) is 10.6. The molecule has 1 unspecified atom stereocenters. The number of aliphatic hydroxyl groups excluding tert-OH is 1. The first kappa shape index (κ1) is 13.5. The Balaban J connectivity index is 2.23. The molecule has 1 aliphatic carbocycles. The normalized spacial score (nSPS) is 26.0. The van der Waals surface area contributed by atoms with Crippen LogP contribution < -0.4 is 5.32 Å². The van der Waals surface area contributed by atoms with Crippen LogP contribution in [0, 0.1) is 5.92 Å². The van der Waals surface area contributed by atoms with Gasteiger partial charge in [0.25, 0.3) is 0 Å². The lowest BCUT2D eigenvalue weighted by atomic mass is 9.82. The lowest BCUT2D eigenvalue weighted by molar-refractivity contribution is -0.132. The van der Waals surface area contributed by atoms with Gasteiger partial charge in [-0.25, -0.2) is 0 Å². The van der Waals surface area contributed by atoms with Gasteiger partial charge in [0.2, 0.25) is 5.91 Å². The Bertz CT molecular complexity index is 223. The van der Waals surface area contributed by atoms with Gasteiger partial charge in [0.15, 0.2) is 0 Å². The van der Waals surface area contributed by atoms with Crippen molar-refractivity contribution in [3.8, 4) is 0 Å². The standard InChI is InChI=1S/C12H24N2O2/c1-4-14(5-2)12(16)9(3)13-8-10-6-11(15)7-10/h9-11,13,15H,4-8H2,1-3H3. The molecule has 4 heteroatoms. The Morgan fingerprint density at radius 3 is 2.44 bits per heavy atom. The lowest BCUT2D eigenvalue weighted by Crippen LogP contribution is -2.47. The first-order chi connectivity index (χ1) is 7.58. The number of amides is 1. The molecular weight excluding hydrogens is 204 g/mol. The summed E-state index contributed by atoms with van der Waals surface area (Å²) < 4.78 is 0. The van der Waals surface area contributed by atoms with E-state index in [9.17, 15) is 4.79 Å². The average molecular weight is 228 g/mol. The highest BCUT2D eigenvalue weighted by Gasteiger charge is 2.28. The molecule has 94 valence electrons. The first-order valence-electron chi connectivity index (χ1n) is 6.28. The van der Waals surface area contributed by atoms with Gasteiger partial charge in [0.1, 0.15) is 0 Å². The third kappa shape index (κ3) is 3.46. The number of carbonyl (C=O) groups is 1. The Hall–Kier alpha value is -0.610. The van der Waals surface area contributed by atoms with Crippen molar-refractivity contribution in [1.29, 1.82) is 0 Å². The molecule has 1 rings (SSSR count). The third-order valence-corrected chi connectivity index (χ3v) is 3.37. The van der Waals surface area contributed by atoms with E-state index >= 15 is 0 Å². The van der Waals surface area contributed by atoms with E-state index in [1.807, 2.05) is 25.7 Å². The topological polar surface area (TPSA) is 52.6 Å². The van der Waals surface area contributed by atoms with Crippen molar-refractivity contribution in [2.24, 2.45) is 5.92 Å². The van der Waals surface area contributed by atoms with E-state index in [-0.39, 0.29) is 18.1 Å². The van der Waals surface area contributed by atoms with Crippen molar-refractivity contribution in [2.45, 2.75) is 45.8 Å². The van der Waals surface area contributed by atoms with Gasteiger partial charge in [0.05, 0.1) is 12.1 Å². The van der Waals surface area contributed by atoms with Crippen molar-refractivity contribution < 1.29 is 9.90 Å². The van der Waals surface area contributed by atoms with Gasteiger partial charge in [-0.05, 0) is 46.1 Å². The molecule has 1 atom stereocenters. The van der Waals surface area contributed by atoms with Crippen LogP contribution >= 0.6 is 0 Å². The SMILES string of the molecule is CCN(CC)C(=O)C(C)NCC1CC(O)C1. The van der Waals surface area contributed by atoms with Gasteiger partial charge >= 0.3 is 0 Å². The maximum atomic E-state index is 11.9. The molecule has 0 bridgehead atoms. The quantitative estimate of drug-likeness (QED) is 0.700. The van der Waals surface area contributed by atoms with E-state index in [1.165, 1.54) is 0 Å². The fraction of sp³-hybridized carbons (Fsp3) is 0.917. The summed E-state index contributed by atoms with van der Waals surface area (Å²) in [5, 5.41) is 12.4. The molecule has 0 heterocycles. The summed E-state index contributed by atoms with van der Waals surface area (Å²) in [6.45, 7) is 8.28. The van der Waals surface area contributed by atoms with Crippen LogP contribution in [0.4, 0.5) is 0 Å². The molecule has 0 aromatic heterocycles. The van der Waals surface area contributed by atoms with Crippen molar-refractivity contribution in [2.75, 3.05) is 19.6 Å². The van der Waals surface area contributed by atoms with Crippen molar-refractivity contribution in [1.82, 2.24) is 10.2 Å². The first-order valence-corrected chi connectivity index (χ1v) is 6.28. The van der Waals surface area contributed by atoms with Crippen LogP contribution in [0.3, 0.4) is 0 Å². The number of likely N-dealkylation sites (N-methyl/N-ethyl adjacent to an activating group) is 1. The smallest absolute Gasteiger partial charge is 0.239 e. The van der Waals surface area contributed by atoms with Crippen molar-refractivity contribution in [3.63, 3.8) is 0 Å². The van der Waals surface area contributed by atoms with Gasteiger partial charge < -0.3 is 15.3 Å². The summed E-state index contributed by atoms with van der Waals surface area (Å²) in [5.41, 5.74) is 0. The van der Waals surface area contributed by atoms with Crippen LogP contribution in [0.25, 0.3) is 0 Å². The molecule has 0 aliphatic heterocycles. The summed E-state index contributed by atoms with van der Waals surface area (Å²) in [7, 11) is 0. The van der Waals surface area contributed by atoms with Crippen LogP contribution in [-0.2, 0) is 4.79 Å². The fourth-order valence-corrected chi connectivity index (χ4v) is 2.11. The average Bonchev–Trinajstić information content (AvgIpc) is 2.23. The molecule has 0 saturated heterocycles. The Kier molecular flexibility index (Phi) is 5.22. The Morgan fingerprint density at radius 1 is 1.44 bits per heavy atom. The molecular formula is C12H24N2O2. The maximum Gasteiger partial charge on any atom is 0.239 e. The summed E-state index contributed by atoms with van der Waals surface area (Å²) >= 11 is 0. The highest BCUT2D eigenvalue weighted by molar-refractivity contribution is 5.81. The van der Waals surface area contributed by atoms with E-state index in [0.29, 0.717) is 5.92 Å².